The zero-order chi connectivity index (χ0) is 8.97. The van der Waals surface area contributed by atoms with Crippen LogP contribution in [-0.2, 0) is 9.53 Å². The fourth-order valence-corrected chi connectivity index (χ4v) is 1.43. The van der Waals surface area contributed by atoms with Gasteiger partial charge in [-0.2, -0.15) is 0 Å². The molecule has 0 saturated carbocycles. The highest BCUT2D eigenvalue weighted by Gasteiger charge is 2.25. The molecule has 4 heteroatoms. The Morgan fingerprint density at radius 2 is 2.50 bits per heavy atom. The molecule has 1 rings (SSSR count). The molecule has 1 saturated heterocycles. The minimum atomic E-state index is -0.405. The van der Waals surface area contributed by atoms with Crippen molar-refractivity contribution in [1.29, 1.82) is 0 Å². The second kappa shape index (κ2) is 4.42. The van der Waals surface area contributed by atoms with Crippen molar-refractivity contribution in [1.82, 2.24) is 5.32 Å². The first-order valence-corrected chi connectivity index (χ1v) is 4.19. The number of β-amino-alcohol motifs (C(OH)–C–C–N with tert-alkyl or cyclic N) is 1. The van der Waals surface area contributed by atoms with Crippen LogP contribution in [0.5, 0.6) is 0 Å². The SMILES string of the molecule is COC(=O)CC1CCNCC1O. The lowest BCUT2D eigenvalue weighted by Crippen LogP contribution is -2.41. The normalized spacial score (nSPS) is 29.8. The summed E-state index contributed by atoms with van der Waals surface area (Å²) in [7, 11) is 1.37. The predicted molar refractivity (Wildman–Crippen MR) is 43.6 cm³/mol. The lowest BCUT2D eigenvalue weighted by Gasteiger charge is -2.27. The van der Waals surface area contributed by atoms with E-state index in [9.17, 15) is 9.90 Å². The Bertz CT molecular complexity index is 160. The van der Waals surface area contributed by atoms with Gasteiger partial charge < -0.3 is 15.2 Å². The third-order valence-electron chi connectivity index (χ3n) is 2.25. The Balaban J connectivity index is 2.33. The third kappa shape index (κ3) is 2.46. The molecule has 1 heterocycles. The molecule has 1 fully saturated rings. The Morgan fingerprint density at radius 1 is 1.75 bits per heavy atom. The van der Waals surface area contributed by atoms with Crippen molar-refractivity contribution in [2.75, 3.05) is 20.2 Å². The number of carbonyl (C=O) groups is 1. The van der Waals surface area contributed by atoms with Crippen molar-refractivity contribution < 1.29 is 14.6 Å². The average Bonchev–Trinajstić information content (AvgIpc) is 2.09. The number of aliphatic hydroxyl groups excluding tert-OH is 1. The van der Waals surface area contributed by atoms with E-state index in [1.165, 1.54) is 7.11 Å². The molecule has 70 valence electrons. The Hall–Kier alpha value is -0.610. The van der Waals surface area contributed by atoms with Crippen molar-refractivity contribution in [3.8, 4) is 0 Å². The molecular formula is C8H15NO3. The van der Waals surface area contributed by atoms with Gasteiger partial charge in [-0.05, 0) is 18.9 Å². The van der Waals surface area contributed by atoms with Gasteiger partial charge in [-0.1, -0.05) is 0 Å². The van der Waals surface area contributed by atoms with Gasteiger partial charge in [-0.15, -0.1) is 0 Å². The van der Waals surface area contributed by atoms with E-state index in [4.69, 9.17) is 0 Å². The molecular weight excluding hydrogens is 158 g/mol. The van der Waals surface area contributed by atoms with E-state index in [1.807, 2.05) is 0 Å². The van der Waals surface area contributed by atoms with Crippen LogP contribution in [0.3, 0.4) is 0 Å². The summed E-state index contributed by atoms with van der Waals surface area (Å²) in [6.45, 7) is 1.46. The van der Waals surface area contributed by atoms with E-state index in [1.54, 1.807) is 0 Å². The van der Waals surface area contributed by atoms with Gasteiger partial charge in [0.05, 0.1) is 19.6 Å². The number of esters is 1. The van der Waals surface area contributed by atoms with Gasteiger partial charge in [-0.3, -0.25) is 4.79 Å². The van der Waals surface area contributed by atoms with E-state index in [-0.39, 0.29) is 11.9 Å². The van der Waals surface area contributed by atoms with E-state index in [0.29, 0.717) is 13.0 Å². The van der Waals surface area contributed by atoms with Gasteiger partial charge in [0.15, 0.2) is 0 Å². The number of carbonyl (C=O) groups excluding carboxylic acids is 1. The molecule has 0 spiro atoms. The number of methoxy groups -OCH3 is 1. The summed E-state index contributed by atoms with van der Waals surface area (Å²) in [6.07, 6.45) is 0.771. The number of hydrogen-bond acceptors (Lipinski definition) is 4. The molecule has 0 aromatic rings. The van der Waals surface area contributed by atoms with Gasteiger partial charge in [0.25, 0.3) is 0 Å². The molecule has 0 aliphatic carbocycles. The molecule has 4 nitrogen and oxygen atoms in total. The summed E-state index contributed by atoms with van der Waals surface area (Å²) < 4.78 is 4.53. The molecule has 2 N–H and O–H groups in total. The van der Waals surface area contributed by atoms with Gasteiger partial charge >= 0.3 is 5.97 Å². The van der Waals surface area contributed by atoms with Crippen LogP contribution in [0.25, 0.3) is 0 Å². The standard InChI is InChI=1S/C8H15NO3/c1-12-8(11)4-6-2-3-9-5-7(6)10/h6-7,9-10H,2-5H2,1H3. The molecule has 2 atom stereocenters. The van der Waals surface area contributed by atoms with E-state index >= 15 is 0 Å². The van der Waals surface area contributed by atoms with Crippen molar-refractivity contribution in [3.63, 3.8) is 0 Å². The smallest absolute Gasteiger partial charge is 0.305 e. The summed E-state index contributed by atoms with van der Waals surface area (Å²) in [4.78, 5) is 10.9. The van der Waals surface area contributed by atoms with Crippen LogP contribution in [0.15, 0.2) is 0 Å². The van der Waals surface area contributed by atoms with E-state index in [0.717, 1.165) is 13.0 Å². The molecule has 0 aromatic heterocycles. The van der Waals surface area contributed by atoms with Gasteiger partial charge in [0.2, 0.25) is 0 Å². The minimum absolute atomic E-state index is 0.0682. The number of aliphatic hydroxyl groups is 1. The molecule has 12 heavy (non-hydrogen) atoms. The molecule has 0 amide bonds. The maximum Gasteiger partial charge on any atom is 0.305 e. The number of hydrogen-bond donors (Lipinski definition) is 2. The highest BCUT2D eigenvalue weighted by molar-refractivity contribution is 5.69. The van der Waals surface area contributed by atoms with Crippen LogP contribution in [0.2, 0.25) is 0 Å². The number of ether oxygens (including phenoxy) is 1. The number of nitrogens with one attached hydrogen (secondary N) is 1. The third-order valence-corrected chi connectivity index (χ3v) is 2.25. The first-order valence-electron chi connectivity index (χ1n) is 4.19. The summed E-state index contributed by atoms with van der Waals surface area (Å²) >= 11 is 0. The molecule has 0 bridgehead atoms. The topological polar surface area (TPSA) is 58.6 Å². The zero-order valence-corrected chi connectivity index (χ0v) is 7.25. The monoisotopic (exact) mass is 173 g/mol. The molecule has 1 aliphatic heterocycles. The van der Waals surface area contributed by atoms with Gasteiger partial charge in [0.1, 0.15) is 0 Å². The Morgan fingerprint density at radius 3 is 3.08 bits per heavy atom. The maximum absolute atomic E-state index is 10.9. The fourth-order valence-electron chi connectivity index (χ4n) is 1.43. The number of piperidine rings is 1. The van der Waals surface area contributed by atoms with Gasteiger partial charge in [0, 0.05) is 6.54 Å². The fraction of sp³-hybridized carbons (Fsp3) is 0.875. The van der Waals surface area contributed by atoms with Crippen LogP contribution < -0.4 is 5.32 Å². The average molecular weight is 173 g/mol. The highest BCUT2D eigenvalue weighted by atomic mass is 16.5. The van der Waals surface area contributed by atoms with Crippen LogP contribution in [0.4, 0.5) is 0 Å². The quantitative estimate of drug-likeness (QED) is 0.554. The van der Waals surface area contributed by atoms with Crippen LogP contribution in [0, 0.1) is 5.92 Å². The first-order chi connectivity index (χ1) is 5.74. The van der Waals surface area contributed by atoms with Crippen LogP contribution in [-0.4, -0.2) is 37.4 Å². The second-order valence-corrected chi connectivity index (χ2v) is 3.10. The Labute approximate surface area is 71.9 Å². The first kappa shape index (κ1) is 9.48. The van der Waals surface area contributed by atoms with Crippen molar-refractivity contribution in [2.24, 2.45) is 5.92 Å². The summed E-state index contributed by atoms with van der Waals surface area (Å²) in [5.74, 6) is -0.167. The maximum atomic E-state index is 10.9. The minimum Gasteiger partial charge on any atom is -0.469 e. The van der Waals surface area contributed by atoms with Crippen LogP contribution in [0.1, 0.15) is 12.8 Å². The molecule has 1 aliphatic rings. The summed E-state index contributed by atoms with van der Waals surface area (Å²) in [5.41, 5.74) is 0. The van der Waals surface area contributed by atoms with Crippen molar-refractivity contribution in [3.05, 3.63) is 0 Å². The van der Waals surface area contributed by atoms with Crippen molar-refractivity contribution in [2.45, 2.75) is 18.9 Å². The molecule has 0 aromatic carbocycles. The lowest BCUT2D eigenvalue weighted by atomic mass is 9.92. The largest absolute Gasteiger partial charge is 0.469 e. The highest BCUT2D eigenvalue weighted by Crippen LogP contribution is 2.16. The van der Waals surface area contributed by atoms with E-state index < -0.39 is 6.10 Å². The lowest BCUT2D eigenvalue weighted by molar-refractivity contribution is -0.143. The predicted octanol–water partition coefficient (Wildman–Crippen LogP) is -0.480. The summed E-state index contributed by atoms with van der Waals surface area (Å²) in [6, 6.07) is 0. The number of rotatable bonds is 2. The van der Waals surface area contributed by atoms with Crippen molar-refractivity contribution >= 4 is 5.97 Å². The van der Waals surface area contributed by atoms with Crippen LogP contribution >= 0.6 is 0 Å². The molecule has 0 radical (unpaired) electrons. The molecule has 2 unspecified atom stereocenters. The van der Waals surface area contributed by atoms with Gasteiger partial charge in [-0.25, -0.2) is 0 Å². The zero-order valence-electron chi connectivity index (χ0n) is 7.25. The van der Waals surface area contributed by atoms with E-state index in [2.05, 4.69) is 10.1 Å². The summed E-state index contributed by atoms with van der Waals surface area (Å²) in [5, 5.41) is 12.5. The second-order valence-electron chi connectivity index (χ2n) is 3.10. The Kier molecular flexibility index (Phi) is 3.49.